The van der Waals surface area contributed by atoms with Crippen molar-refractivity contribution in [2.75, 3.05) is 6.54 Å². The van der Waals surface area contributed by atoms with E-state index in [9.17, 15) is 19.8 Å². The molecule has 1 aliphatic heterocycles. The Balaban J connectivity index is 1.93. The Bertz CT molecular complexity index is 787. The number of amides is 1. The van der Waals surface area contributed by atoms with E-state index in [0.717, 1.165) is 23.5 Å². The summed E-state index contributed by atoms with van der Waals surface area (Å²) in [5.74, 6) is -1.34. The quantitative estimate of drug-likeness (QED) is 0.888. The first-order chi connectivity index (χ1) is 11.5. The van der Waals surface area contributed by atoms with Crippen molar-refractivity contribution in [3.63, 3.8) is 0 Å². The molecule has 1 amide bonds. The lowest BCUT2D eigenvalue weighted by Crippen LogP contribution is -2.30. The summed E-state index contributed by atoms with van der Waals surface area (Å²) < 4.78 is 0. The number of carbonyl (C=O) groups excluding carboxylic acids is 1. The van der Waals surface area contributed by atoms with Crippen molar-refractivity contribution < 1.29 is 19.8 Å². The predicted octanol–water partition coefficient (Wildman–Crippen LogP) is 2.62. The lowest BCUT2D eigenvalue weighted by atomic mass is 10.0. The molecular formula is C17H18N2O4S. The Morgan fingerprint density at radius 3 is 2.71 bits per heavy atom. The molecule has 0 spiro atoms. The summed E-state index contributed by atoms with van der Waals surface area (Å²) in [4.78, 5) is 30.4. The molecule has 0 radical (unpaired) electrons. The van der Waals surface area contributed by atoms with Crippen LogP contribution < -0.4 is 0 Å². The molecule has 2 aromatic rings. The number of rotatable bonds is 4. The molecule has 1 aliphatic rings. The van der Waals surface area contributed by atoms with Crippen molar-refractivity contribution in [3.05, 3.63) is 51.0 Å². The zero-order chi connectivity index (χ0) is 17.3. The number of aliphatic hydroxyl groups excluding tert-OH is 1. The molecule has 6 nitrogen and oxygen atoms in total. The highest BCUT2D eigenvalue weighted by Gasteiger charge is 2.32. The number of thiazole rings is 1. The largest absolute Gasteiger partial charge is 0.478 e. The fraction of sp³-hybridized carbons (Fsp3) is 0.353. The van der Waals surface area contributed by atoms with Crippen LogP contribution in [0.15, 0.2) is 23.6 Å². The number of hydrogen-bond donors (Lipinski definition) is 2. The third-order valence-corrected chi connectivity index (χ3v) is 5.17. The van der Waals surface area contributed by atoms with Gasteiger partial charge < -0.3 is 15.1 Å². The molecule has 1 fully saturated rings. The monoisotopic (exact) mass is 346 g/mol. The van der Waals surface area contributed by atoms with Gasteiger partial charge in [-0.05, 0) is 43.5 Å². The maximum atomic E-state index is 12.9. The van der Waals surface area contributed by atoms with Crippen molar-refractivity contribution in [2.24, 2.45) is 0 Å². The van der Waals surface area contributed by atoms with Gasteiger partial charge in [0.1, 0.15) is 5.01 Å². The van der Waals surface area contributed by atoms with E-state index in [2.05, 4.69) is 4.98 Å². The lowest BCUT2D eigenvalue weighted by Gasteiger charge is -2.23. The van der Waals surface area contributed by atoms with E-state index >= 15 is 0 Å². The van der Waals surface area contributed by atoms with Crippen LogP contribution in [-0.4, -0.2) is 38.5 Å². The van der Waals surface area contributed by atoms with Gasteiger partial charge in [-0.2, -0.15) is 0 Å². The summed E-state index contributed by atoms with van der Waals surface area (Å²) in [6, 6.07) is 4.23. The van der Waals surface area contributed by atoms with Crippen LogP contribution >= 0.6 is 11.3 Å². The molecule has 7 heteroatoms. The Hall–Kier alpha value is -2.25. The van der Waals surface area contributed by atoms with Gasteiger partial charge in [0.05, 0.1) is 18.2 Å². The fourth-order valence-corrected chi connectivity index (χ4v) is 3.93. The van der Waals surface area contributed by atoms with Crippen LogP contribution in [0.2, 0.25) is 0 Å². The number of benzene rings is 1. The van der Waals surface area contributed by atoms with Crippen molar-refractivity contribution >= 4 is 23.2 Å². The Morgan fingerprint density at radius 2 is 2.08 bits per heavy atom. The van der Waals surface area contributed by atoms with Crippen LogP contribution in [0.25, 0.3) is 0 Å². The molecule has 2 N–H and O–H groups in total. The number of carbonyl (C=O) groups is 2. The van der Waals surface area contributed by atoms with E-state index in [4.69, 9.17) is 0 Å². The normalized spacial score (nSPS) is 17.2. The molecule has 126 valence electrons. The summed E-state index contributed by atoms with van der Waals surface area (Å²) in [7, 11) is 0. The molecule has 0 bridgehead atoms. The van der Waals surface area contributed by atoms with Gasteiger partial charge in [0.2, 0.25) is 0 Å². The molecule has 24 heavy (non-hydrogen) atoms. The second kappa shape index (κ2) is 6.70. The van der Waals surface area contributed by atoms with Crippen LogP contribution in [-0.2, 0) is 6.61 Å². The third kappa shape index (κ3) is 3.18. The van der Waals surface area contributed by atoms with Gasteiger partial charge in [-0.3, -0.25) is 4.79 Å². The van der Waals surface area contributed by atoms with Gasteiger partial charge in [-0.15, -0.1) is 11.3 Å². The fourth-order valence-electron chi connectivity index (χ4n) is 2.99. The zero-order valence-electron chi connectivity index (χ0n) is 13.2. The standard InChI is InChI=1S/C17H18N2O4S/c1-10-9-24-15(18-10)14-3-2-4-19(14)16(21)12-5-11(8-20)6-13(7-12)17(22)23/h5-7,9,14,20H,2-4,8H2,1H3,(H,22,23). The van der Waals surface area contributed by atoms with E-state index in [-0.39, 0.29) is 24.1 Å². The first-order valence-corrected chi connectivity index (χ1v) is 8.58. The van der Waals surface area contributed by atoms with Crippen molar-refractivity contribution in [1.29, 1.82) is 0 Å². The second-order valence-electron chi connectivity index (χ2n) is 5.87. The van der Waals surface area contributed by atoms with Gasteiger partial charge in [0, 0.05) is 23.2 Å². The SMILES string of the molecule is Cc1csc(C2CCCN2C(=O)c2cc(CO)cc(C(=O)O)c2)n1. The first kappa shape index (κ1) is 16.6. The van der Waals surface area contributed by atoms with Crippen LogP contribution in [0.5, 0.6) is 0 Å². The number of hydrogen-bond acceptors (Lipinski definition) is 5. The molecule has 1 aromatic carbocycles. The van der Waals surface area contributed by atoms with Crippen molar-refractivity contribution in [2.45, 2.75) is 32.4 Å². The van der Waals surface area contributed by atoms with E-state index in [1.165, 1.54) is 23.5 Å². The maximum Gasteiger partial charge on any atom is 0.335 e. The molecule has 3 rings (SSSR count). The van der Waals surface area contributed by atoms with Gasteiger partial charge >= 0.3 is 5.97 Å². The van der Waals surface area contributed by atoms with Gasteiger partial charge in [0.15, 0.2) is 0 Å². The van der Waals surface area contributed by atoms with Crippen LogP contribution in [0.3, 0.4) is 0 Å². The molecule has 0 aliphatic carbocycles. The zero-order valence-corrected chi connectivity index (χ0v) is 14.0. The molecule has 2 heterocycles. The Morgan fingerprint density at radius 1 is 1.33 bits per heavy atom. The van der Waals surface area contributed by atoms with Gasteiger partial charge in [0.25, 0.3) is 5.91 Å². The number of aliphatic hydroxyl groups is 1. The summed E-state index contributed by atoms with van der Waals surface area (Å²) in [6.07, 6.45) is 1.74. The van der Waals surface area contributed by atoms with Crippen LogP contribution in [0.1, 0.15) is 55.9 Å². The summed E-state index contributed by atoms with van der Waals surface area (Å²) in [5.41, 5.74) is 1.65. The predicted molar refractivity (Wildman–Crippen MR) is 89.2 cm³/mol. The van der Waals surface area contributed by atoms with Crippen molar-refractivity contribution in [3.8, 4) is 0 Å². The summed E-state index contributed by atoms with van der Waals surface area (Å²) >= 11 is 1.54. The van der Waals surface area contributed by atoms with Gasteiger partial charge in [-0.1, -0.05) is 0 Å². The summed E-state index contributed by atoms with van der Waals surface area (Å²) in [6.45, 7) is 2.23. The minimum atomic E-state index is -1.12. The lowest BCUT2D eigenvalue weighted by molar-refractivity contribution is 0.0696. The smallest absolute Gasteiger partial charge is 0.335 e. The first-order valence-electron chi connectivity index (χ1n) is 7.70. The van der Waals surface area contributed by atoms with Crippen molar-refractivity contribution in [1.82, 2.24) is 9.88 Å². The topological polar surface area (TPSA) is 90.7 Å². The molecule has 1 atom stereocenters. The van der Waals surface area contributed by atoms with E-state index in [1.807, 2.05) is 12.3 Å². The molecule has 0 saturated carbocycles. The number of nitrogens with zero attached hydrogens (tertiary/aromatic N) is 2. The average Bonchev–Trinajstić information content (AvgIpc) is 3.22. The van der Waals surface area contributed by atoms with Crippen LogP contribution in [0.4, 0.5) is 0 Å². The van der Waals surface area contributed by atoms with E-state index < -0.39 is 5.97 Å². The number of aromatic carboxylic acids is 1. The third-order valence-electron chi connectivity index (χ3n) is 4.10. The minimum Gasteiger partial charge on any atom is -0.478 e. The second-order valence-corrected chi connectivity index (χ2v) is 6.76. The number of carboxylic acid groups (broad SMARTS) is 1. The number of carboxylic acids is 1. The van der Waals surface area contributed by atoms with Crippen LogP contribution in [0, 0.1) is 6.92 Å². The molecule has 1 unspecified atom stereocenters. The average molecular weight is 346 g/mol. The van der Waals surface area contributed by atoms with E-state index in [0.29, 0.717) is 17.7 Å². The minimum absolute atomic E-state index is 0.00531. The highest BCUT2D eigenvalue weighted by molar-refractivity contribution is 7.09. The molecular weight excluding hydrogens is 328 g/mol. The number of aromatic nitrogens is 1. The highest BCUT2D eigenvalue weighted by Crippen LogP contribution is 2.34. The number of likely N-dealkylation sites (tertiary alicyclic amines) is 1. The Kier molecular flexibility index (Phi) is 4.64. The van der Waals surface area contributed by atoms with E-state index in [1.54, 1.807) is 11.0 Å². The maximum absolute atomic E-state index is 12.9. The number of aryl methyl sites for hydroxylation is 1. The Labute approximate surface area is 143 Å². The molecule has 1 aromatic heterocycles. The molecule has 1 saturated heterocycles. The summed E-state index contributed by atoms with van der Waals surface area (Å²) in [5, 5.41) is 21.4. The highest BCUT2D eigenvalue weighted by atomic mass is 32.1. The van der Waals surface area contributed by atoms with Gasteiger partial charge in [-0.25, -0.2) is 9.78 Å².